The molecule has 1 aromatic heterocycles. The van der Waals surface area contributed by atoms with Crippen molar-refractivity contribution in [2.24, 2.45) is 0 Å². The molecule has 0 spiro atoms. The molecule has 128 valence electrons. The Morgan fingerprint density at radius 1 is 1.32 bits per heavy atom. The van der Waals surface area contributed by atoms with Crippen molar-refractivity contribution < 1.29 is 9.66 Å². The van der Waals surface area contributed by atoms with Gasteiger partial charge in [-0.15, -0.1) is 0 Å². The molecule has 1 heterocycles. The first-order chi connectivity index (χ1) is 12.1. The van der Waals surface area contributed by atoms with Gasteiger partial charge in [0.05, 0.1) is 11.5 Å². The lowest BCUT2D eigenvalue weighted by Gasteiger charge is -2.13. The number of anilines is 1. The van der Waals surface area contributed by atoms with Gasteiger partial charge in [0, 0.05) is 28.3 Å². The van der Waals surface area contributed by atoms with E-state index in [1.807, 2.05) is 18.2 Å². The standard InChI is InChI=1S/C16H14IN5O3/c1-18-14-7-13(3-4-15(14)22(23)24)25-16-5-2-12(17)6-11(16)8-21-10-19-9-20-21/h2-7,9-10,18H,8H2,1H3. The molecule has 3 rings (SSSR count). The minimum atomic E-state index is -0.434. The zero-order valence-electron chi connectivity index (χ0n) is 13.2. The number of nitro groups is 1. The maximum Gasteiger partial charge on any atom is 0.292 e. The number of hydrogen-bond donors (Lipinski definition) is 1. The predicted octanol–water partition coefficient (Wildman–Crippen LogP) is 3.67. The summed E-state index contributed by atoms with van der Waals surface area (Å²) in [5.41, 5.74) is 1.33. The zero-order valence-corrected chi connectivity index (χ0v) is 15.4. The van der Waals surface area contributed by atoms with Crippen molar-refractivity contribution >= 4 is 34.0 Å². The second kappa shape index (κ2) is 7.47. The number of rotatable bonds is 6. The van der Waals surface area contributed by atoms with Crippen LogP contribution in [-0.4, -0.2) is 26.7 Å². The van der Waals surface area contributed by atoms with Crippen LogP contribution >= 0.6 is 22.6 Å². The number of benzene rings is 2. The SMILES string of the molecule is CNc1cc(Oc2ccc(I)cc2Cn2cncn2)ccc1[N+](=O)[O-]. The smallest absolute Gasteiger partial charge is 0.292 e. The first-order valence-corrected chi connectivity index (χ1v) is 8.39. The quantitative estimate of drug-likeness (QED) is 0.349. The third kappa shape index (κ3) is 4.05. The summed E-state index contributed by atoms with van der Waals surface area (Å²) in [5.74, 6) is 1.17. The summed E-state index contributed by atoms with van der Waals surface area (Å²) >= 11 is 2.23. The lowest BCUT2D eigenvalue weighted by Crippen LogP contribution is -2.03. The van der Waals surface area contributed by atoms with E-state index < -0.39 is 4.92 Å². The molecule has 25 heavy (non-hydrogen) atoms. The first-order valence-electron chi connectivity index (χ1n) is 7.31. The van der Waals surface area contributed by atoms with E-state index in [9.17, 15) is 10.1 Å². The van der Waals surface area contributed by atoms with Gasteiger partial charge in [0.2, 0.25) is 0 Å². The summed E-state index contributed by atoms with van der Waals surface area (Å²) in [6.45, 7) is 0.512. The van der Waals surface area contributed by atoms with E-state index in [0.717, 1.165) is 9.13 Å². The monoisotopic (exact) mass is 451 g/mol. The van der Waals surface area contributed by atoms with Crippen molar-refractivity contribution in [2.45, 2.75) is 6.54 Å². The molecule has 0 aliphatic carbocycles. The van der Waals surface area contributed by atoms with Crippen LogP contribution in [0.1, 0.15) is 5.56 Å². The normalized spacial score (nSPS) is 10.5. The predicted molar refractivity (Wildman–Crippen MR) is 101 cm³/mol. The van der Waals surface area contributed by atoms with Crippen LogP contribution in [0.4, 0.5) is 11.4 Å². The first kappa shape index (κ1) is 17.1. The lowest BCUT2D eigenvalue weighted by molar-refractivity contribution is -0.384. The molecule has 0 bridgehead atoms. The van der Waals surface area contributed by atoms with E-state index in [4.69, 9.17) is 4.74 Å². The van der Waals surface area contributed by atoms with Gasteiger partial charge in [0.15, 0.2) is 0 Å². The Labute approximate surface area is 157 Å². The third-order valence-corrected chi connectivity index (χ3v) is 4.15. The number of nitrogens with zero attached hydrogens (tertiary/aromatic N) is 4. The van der Waals surface area contributed by atoms with E-state index >= 15 is 0 Å². The zero-order chi connectivity index (χ0) is 17.8. The van der Waals surface area contributed by atoms with Crippen molar-refractivity contribution in [3.05, 3.63) is 68.3 Å². The second-order valence-corrected chi connectivity index (χ2v) is 6.38. The topological polar surface area (TPSA) is 95.1 Å². The lowest BCUT2D eigenvalue weighted by atomic mass is 10.2. The Kier molecular flexibility index (Phi) is 5.12. The van der Waals surface area contributed by atoms with Gasteiger partial charge >= 0.3 is 0 Å². The molecule has 0 aliphatic heterocycles. The second-order valence-electron chi connectivity index (χ2n) is 5.13. The summed E-state index contributed by atoms with van der Waals surface area (Å²) in [6.07, 6.45) is 3.11. The van der Waals surface area contributed by atoms with Crippen molar-refractivity contribution in [1.82, 2.24) is 14.8 Å². The number of nitrogens with one attached hydrogen (secondary N) is 1. The Hall–Kier alpha value is -2.69. The highest BCUT2D eigenvalue weighted by Crippen LogP contribution is 2.33. The molecule has 0 radical (unpaired) electrons. The molecule has 0 saturated heterocycles. The van der Waals surface area contributed by atoms with Gasteiger partial charge in [-0.3, -0.25) is 10.1 Å². The number of ether oxygens (including phenoxy) is 1. The van der Waals surface area contributed by atoms with Crippen LogP contribution in [-0.2, 0) is 6.54 Å². The largest absolute Gasteiger partial charge is 0.457 e. The van der Waals surface area contributed by atoms with Crippen molar-refractivity contribution in [2.75, 3.05) is 12.4 Å². The fourth-order valence-electron chi connectivity index (χ4n) is 2.33. The molecular weight excluding hydrogens is 437 g/mol. The molecule has 2 aromatic carbocycles. The van der Waals surface area contributed by atoms with E-state index in [1.54, 1.807) is 30.2 Å². The fraction of sp³-hybridized carbons (Fsp3) is 0.125. The van der Waals surface area contributed by atoms with Crippen molar-refractivity contribution in [3.8, 4) is 11.5 Å². The minimum absolute atomic E-state index is 0.000277. The summed E-state index contributed by atoms with van der Waals surface area (Å²) in [6, 6.07) is 10.4. The number of aromatic nitrogens is 3. The van der Waals surface area contributed by atoms with Crippen LogP contribution < -0.4 is 10.1 Å². The average Bonchev–Trinajstić information content (AvgIpc) is 3.10. The molecule has 0 unspecified atom stereocenters. The van der Waals surface area contributed by atoms with E-state index in [-0.39, 0.29) is 5.69 Å². The third-order valence-electron chi connectivity index (χ3n) is 3.48. The van der Waals surface area contributed by atoms with Gasteiger partial charge in [0.25, 0.3) is 5.69 Å². The van der Waals surface area contributed by atoms with Crippen LogP contribution in [0, 0.1) is 13.7 Å². The van der Waals surface area contributed by atoms with Crippen LogP contribution in [0.15, 0.2) is 49.1 Å². The fourth-order valence-corrected chi connectivity index (χ4v) is 2.88. The summed E-state index contributed by atoms with van der Waals surface area (Å²) in [7, 11) is 1.63. The van der Waals surface area contributed by atoms with E-state index in [0.29, 0.717) is 23.7 Å². The molecule has 0 fully saturated rings. The van der Waals surface area contributed by atoms with Crippen LogP contribution in [0.2, 0.25) is 0 Å². The molecule has 0 amide bonds. The van der Waals surface area contributed by atoms with Gasteiger partial charge in [-0.25, -0.2) is 9.67 Å². The van der Waals surface area contributed by atoms with Gasteiger partial charge in [0.1, 0.15) is 29.8 Å². The summed E-state index contributed by atoms with van der Waals surface area (Å²) < 4.78 is 8.73. The molecule has 0 aliphatic rings. The van der Waals surface area contributed by atoms with E-state index in [1.165, 1.54) is 12.4 Å². The van der Waals surface area contributed by atoms with Gasteiger partial charge in [-0.2, -0.15) is 5.10 Å². The molecule has 9 heteroatoms. The minimum Gasteiger partial charge on any atom is -0.457 e. The summed E-state index contributed by atoms with van der Waals surface area (Å²) in [5, 5.41) is 18.0. The molecule has 1 N–H and O–H groups in total. The maximum atomic E-state index is 11.0. The van der Waals surface area contributed by atoms with Crippen molar-refractivity contribution in [3.63, 3.8) is 0 Å². The van der Waals surface area contributed by atoms with Gasteiger partial charge in [-0.1, -0.05) is 0 Å². The Balaban J connectivity index is 1.91. The number of nitro benzene ring substituents is 1. The molecule has 8 nitrogen and oxygen atoms in total. The Morgan fingerprint density at radius 2 is 2.16 bits per heavy atom. The van der Waals surface area contributed by atoms with Gasteiger partial charge in [-0.05, 0) is 46.9 Å². The molecule has 3 aromatic rings. The molecule has 0 saturated carbocycles. The Morgan fingerprint density at radius 3 is 2.84 bits per heavy atom. The highest BCUT2D eigenvalue weighted by atomic mass is 127. The van der Waals surface area contributed by atoms with Crippen LogP contribution in [0.3, 0.4) is 0 Å². The van der Waals surface area contributed by atoms with E-state index in [2.05, 4.69) is 38.0 Å². The maximum absolute atomic E-state index is 11.0. The van der Waals surface area contributed by atoms with Gasteiger partial charge < -0.3 is 10.1 Å². The highest BCUT2D eigenvalue weighted by Gasteiger charge is 2.15. The number of halogens is 1. The highest BCUT2D eigenvalue weighted by molar-refractivity contribution is 14.1. The average molecular weight is 451 g/mol. The molecule has 0 atom stereocenters. The van der Waals surface area contributed by atoms with Crippen LogP contribution in [0.25, 0.3) is 0 Å². The van der Waals surface area contributed by atoms with Crippen molar-refractivity contribution in [1.29, 1.82) is 0 Å². The Bertz CT molecular complexity index is 899. The number of hydrogen-bond acceptors (Lipinski definition) is 6. The van der Waals surface area contributed by atoms with Crippen LogP contribution in [0.5, 0.6) is 11.5 Å². The molecular formula is C16H14IN5O3. The summed E-state index contributed by atoms with van der Waals surface area (Å²) in [4.78, 5) is 14.5.